The molecule has 1 atom stereocenters. The zero-order valence-electron chi connectivity index (χ0n) is 10.2. The zero-order chi connectivity index (χ0) is 13.9. The van der Waals surface area contributed by atoms with Crippen molar-refractivity contribution in [1.29, 1.82) is 0 Å². The largest absolute Gasteiger partial charge is 0.468 e. The predicted molar refractivity (Wildman–Crippen MR) is 56.9 cm³/mol. The second-order valence-corrected chi connectivity index (χ2v) is 3.80. The molecule has 1 rings (SSSR count). The van der Waals surface area contributed by atoms with E-state index < -0.39 is 24.7 Å². The van der Waals surface area contributed by atoms with Crippen LogP contribution in [0.4, 0.5) is 13.2 Å². The zero-order valence-corrected chi connectivity index (χ0v) is 10.2. The number of ether oxygens (including phenoxy) is 1. The number of nitrogens with zero attached hydrogens (tertiary/aromatic N) is 1. The Morgan fingerprint density at radius 3 is 2.50 bits per heavy atom. The van der Waals surface area contributed by atoms with Crippen molar-refractivity contribution < 1.29 is 22.7 Å². The second-order valence-electron chi connectivity index (χ2n) is 3.80. The summed E-state index contributed by atoms with van der Waals surface area (Å²) in [6, 6.07) is -1.18. The molecule has 0 fully saturated rings. The van der Waals surface area contributed by atoms with Crippen molar-refractivity contribution in [2.45, 2.75) is 26.1 Å². The van der Waals surface area contributed by atoms with Crippen LogP contribution in [0.5, 0.6) is 0 Å². The van der Waals surface area contributed by atoms with Crippen LogP contribution in [0.1, 0.15) is 23.0 Å². The number of halogens is 3. The van der Waals surface area contributed by atoms with Crippen LogP contribution in [0.2, 0.25) is 0 Å². The van der Waals surface area contributed by atoms with Crippen LogP contribution in [0.3, 0.4) is 0 Å². The maximum absolute atomic E-state index is 12.2. The maximum Gasteiger partial charge on any atom is 0.401 e. The van der Waals surface area contributed by atoms with Gasteiger partial charge in [-0.1, -0.05) is 0 Å². The third kappa shape index (κ3) is 3.46. The van der Waals surface area contributed by atoms with Gasteiger partial charge in [-0.3, -0.25) is 10.4 Å². The number of esters is 1. The average Bonchev–Trinajstić information content (AvgIpc) is 2.59. The van der Waals surface area contributed by atoms with Gasteiger partial charge >= 0.3 is 12.1 Å². The van der Waals surface area contributed by atoms with E-state index >= 15 is 0 Å². The first-order valence-electron chi connectivity index (χ1n) is 5.15. The first kappa shape index (κ1) is 14.5. The van der Waals surface area contributed by atoms with E-state index in [0.717, 1.165) is 7.11 Å². The summed E-state index contributed by atoms with van der Waals surface area (Å²) < 4.78 is 41.1. The Labute approximate surface area is 102 Å². The first-order valence-corrected chi connectivity index (χ1v) is 5.15. The number of carbonyl (C=O) groups is 1. The first-order chi connectivity index (χ1) is 8.26. The Bertz CT molecular complexity index is 409. The molecule has 0 saturated carbocycles. The molecule has 0 saturated heterocycles. The number of hydrogen-bond acceptors (Lipinski definition) is 4. The lowest BCUT2D eigenvalue weighted by Crippen LogP contribution is -2.37. The van der Waals surface area contributed by atoms with E-state index in [-0.39, 0.29) is 0 Å². The average molecular weight is 265 g/mol. The van der Waals surface area contributed by atoms with Gasteiger partial charge in [0.05, 0.1) is 19.3 Å². The fourth-order valence-corrected chi connectivity index (χ4v) is 1.62. The summed E-state index contributed by atoms with van der Waals surface area (Å²) in [5.41, 5.74) is 1.36. The van der Waals surface area contributed by atoms with Crippen LogP contribution in [-0.2, 0) is 9.53 Å². The number of H-pyrrole nitrogens is 1. The second kappa shape index (κ2) is 5.38. The van der Waals surface area contributed by atoms with E-state index in [9.17, 15) is 18.0 Å². The minimum Gasteiger partial charge on any atom is -0.468 e. The van der Waals surface area contributed by atoms with Crippen LogP contribution in [-0.4, -0.2) is 36.0 Å². The molecule has 2 N–H and O–H groups in total. The SMILES string of the molecule is COC(=O)C(NCC(F)(F)F)c1c(C)n[nH]c1C. The number of alkyl halides is 3. The van der Waals surface area contributed by atoms with Gasteiger partial charge in [-0.05, 0) is 13.8 Å². The highest BCUT2D eigenvalue weighted by Crippen LogP contribution is 2.22. The number of aromatic nitrogens is 2. The van der Waals surface area contributed by atoms with Crippen LogP contribution < -0.4 is 5.32 Å². The quantitative estimate of drug-likeness (QED) is 0.807. The number of carbonyl (C=O) groups excluding carboxylic acids is 1. The lowest BCUT2D eigenvalue weighted by Gasteiger charge is -2.18. The van der Waals surface area contributed by atoms with Crippen LogP contribution in [0.15, 0.2) is 0 Å². The van der Waals surface area contributed by atoms with Crippen molar-refractivity contribution in [2.24, 2.45) is 0 Å². The van der Waals surface area contributed by atoms with Gasteiger partial charge in [-0.15, -0.1) is 0 Å². The van der Waals surface area contributed by atoms with Crippen molar-refractivity contribution in [1.82, 2.24) is 15.5 Å². The molecule has 1 heterocycles. The molecule has 8 heteroatoms. The van der Waals surface area contributed by atoms with E-state index in [2.05, 4.69) is 20.3 Å². The molecule has 0 aromatic carbocycles. The number of hydrogen-bond donors (Lipinski definition) is 2. The van der Waals surface area contributed by atoms with Gasteiger partial charge in [0.1, 0.15) is 6.04 Å². The fourth-order valence-electron chi connectivity index (χ4n) is 1.62. The lowest BCUT2D eigenvalue weighted by molar-refractivity contribution is -0.146. The van der Waals surface area contributed by atoms with E-state index in [1.54, 1.807) is 13.8 Å². The van der Waals surface area contributed by atoms with Crippen molar-refractivity contribution in [3.63, 3.8) is 0 Å². The molecule has 102 valence electrons. The number of aromatic amines is 1. The third-order valence-electron chi connectivity index (χ3n) is 2.42. The normalized spacial score (nSPS) is 13.4. The predicted octanol–water partition coefficient (Wildman–Crippen LogP) is 1.39. The Morgan fingerprint density at radius 1 is 1.50 bits per heavy atom. The van der Waals surface area contributed by atoms with Crippen molar-refractivity contribution in [2.75, 3.05) is 13.7 Å². The van der Waals surface area contributed by atoms with Gasteiger partial charge in [0.15, 0.2) is 0 Å². The van der Waals surface area contributed by atoms with Gasteiger partial charge < -0.3 is 4.74 Å². The number of rotatable bonds is 4. The number of nitrogens with one attached hydrogen (secondary N) is 2. The van der Waals surface area contributed by atoms with E-state index in [1.807, 2.05) is 0 Å². The highest BCUT2D eigenvalue weighted by Gasteiger charge is 2.33. The molecule has 0 aliphatic carbocycles. The minimum atomic E-state index is -4.40. The van der Waals surface area contributed by atoms with Gasteiger partial charge in [-0.25, -0.2) is 4.79 Å². The Hall–Kier alpha value is -1.57. The summed E-state index contributed by atoms with van der Waals surface area (Å²) in [5, 5.41) is 8.59. The monoisotopic (exact) mass is 265 g/mol. The summed E-state index contributed by atoms with van der Waals surface area (Å²) in [7, 11) is 1.12. The molecule has 0 aliphatic rings. The minimum absolute atomic E-state index is 0.381. The molecular formula is C10H14F3N3O2. The molecule has 1 aromatic heterocycles. The molecule has 5 nitrogen and oxygen atoms in total. The van der Waals surface area contributed by atoms with Crippen molar-refractivity contribution >= 4 is 5.97 Å². The lowest BCUT2D eigenvalue weighted by atomic mass is 10.1. The fraction of sp³-hybridized carbons (Fsp3) is 0.600. The van der Waals surface area contributed by atoms with Crippen molar-refractivity contribution in [3.8, 4) is 0 Å². The van der Waals surface area contributed by atoms with E-state index in [4.69, 9.17) is 0 Å². The van der Waals surface area contributed by atoms with Crippen LogP contribution in [0.25, 0.3) is 0 Å². The standard InChI is InChI=1S/C10H14F3N3O2/c1-5-7(6(2)16-15-5)8(9(17)18-3)14-4-10(11,12)13/h8,14H,4H2,1-3H3,(H,15,16). The van der Waals surface area contributed by atoms with Gasteiger partial charge in [0.2, 0.25) is 0 Å². The Kier molecular flexibility index (Phi) is 4.33. The van der Waals surface area contributed by atoms with E-state index in [1.165, 1.54) is 0 Å². The smallest absolute Gasteiger partial charge is 0.401 e. The molecule has 0 aliphatic heterocycles. The molecular weight excluding hydrogens is 251 g/mol. The molecule has 1 unspecified atom stereocenters. The number of aryl methyl sites for hydroxylation is 2. The highest BCUT2D eigenvalue weighted by atomic mass is 19.4. The topological polar surface area (TPSA) is 67.0 Å². The summed E-state index contributed by atoms with van der Waals surface area (Å²) in [5.74, 6) is -0.785. The van der Waals surface area contributed by atoms with Crippen LogP contribution in [0, 0.1) is 13.8 Å². The van der Waals surface area contributed by atoms with Gasteiger partial charge in [-0.2, -0.15) is 18.3 Å². The van der Waals surface area contributed by atoms with E-state index in [0.29, 0.717) is 17.0 Å². The molecule has 0 radical (unpaired) electrons. The van der Waals surface area contributed by atoms with Crippen LogP contribution >= 0.6 is 0 Å². The summed E-state index contributed by atoms with van der Waals surface area (Å²) in [6.07, 6.45) is -4.40. The highest BCUT2D eigenvalue weighted by molar-refractivity contribution is 5.78. The Morgan fingerprint density at radius 2 is 2.11 bits per heavy atom. The molecule has 0 spiro atoms. The molecule has 18 heavy (non-hydrogen) atoms. The number of methoxy groups -OCH3 is 1. The maximum atomic E-state index is 12.2. The molecule has 1 aromatic rings. The van der Waals surface area contributed by atoms with Gasteiger partial charge in [0.25, 0.3) is 0 Å². The third-order valence-corrected chi connectivity index (χ3v) is 2.42. The summed E-state index contributed by atoms with van der Waals surface area (Å²) in [6.45, 7) is 1.95. The van der Waals surface area contributed by atoms with Gasteiger partial charge in [0, 0.05) is 11.3 Å². The molecule has 0 amide bonds. The Balaban J connectivity index is 2.96. The van der Waals surface area contributed by atoms with Crippen molar-refractivity contribution in [3.05, 3.63) is 17.0 Å². The molecule has 0 bridgehead atoms. The summed E-state index contributed by atoms with van der Waals surface area (Å²) in [4.78, 5) is 11.5. The summed E-state index contributed by atoms with van der Waals surface area (Å²) >= 11 is 0.